The summed E-state index contributed by atoms with van der Waals surface area (Å²) in [5.41, 5.74) is 2.00. The maximum absolute atomic E-state index is 12.5. The Bertz CT molecular complexity index is 907. The van der Waals surface area contributed by atoms with Crippen LogP contribution in [0, 0.1) is 6.92 Å². The van der Waals surface area contributed by atoms with Crippen LogP contribution in [0.25, 0.3) is 11.5 Å². The number of aromatic nitrogens is 2. The SMILES string of the molecule is Cc1ccc(-c2nnc(CN(C)C(=O)[C@H](C)Oc3ccc(Br)cc3)o2)cc1. The van der Waals surface area contributed by atoms with Crippen molar-refractivity contribution in [3.8, 4) is 17.2 Å². The molecule has 0 aliphatic heterocycles. The van der Waals surface area contributed by atoms with Crippen molar-refractivity contribution in [1.82, 2.24) is 15.1 Å². The molecule has 6 nitrogen and oxygen atoms in total. The van der Waals surface area contributed by atoms with Gasteiger partial charge in [-0.05, 0) is 50.2 Å². The highest BCUT2D eigenvalue weighted by Crippen LogP contribution is 2.20. The van der Waals surface area contributed by atoms with E-state index in [1.54, 1.807) is 26.1 Å². The number of nitrogens with zero attached hydrogens (tertiary/aromatic N) is 3. The second-order valence-corrected chi connectivity index (χ2v) is 7.19. The third kappa shape index (κ3) is 4.95. The molecule has 0 N–H and O–H groups in total. The summed E-state index contributed by atoms with van der Waals surface area (Å²) in [4.78, 5) is 14.0. The Hall–Kier alpha value is -2.67. The van der Waals surface area contributed by atoms with E-state index in [1.165, 1.54) is 4.90 Å². The van der Waals surface area contributed by atoms with E-state index in [4.69, 9.17) is 9.15 Å². The number of likely N-dealkylation sites (N-methyl/N-ethyl adjacent to an activating group) is 1. The first-order chi connectivity index (χ1) is 12.9. The molecule has 1 amide bonds. The first-order valence-electron chi connectivity index (χ1n) is 8.49. The Balaban J connectivity index is 1.60. The Morgan fingerprint density at radius 2 is 1.81 bits per heavy atom. The summed E-state index contributed by atoms with van der Waals surface area (Å²) in [6, 6.07) is 15.2. The molecule has 3 aromatic rings. The van der Waals surface area contributed by atoms with Crippen LogP contribution in [0.4, 0.5) is 0 Å². The molecular formula is C20H20BrN3O3. The van der Waals surface area contributed by atoms with Crippen LogP contribution in [0.15, 0.2) is 57.4 Å². The van der Waals surface area contributed by atoms with Gasteiger partial charge in [0, 0.05) is 17.1 Å². The standard InChI is InChI=1S/C20H20BrN3O3/c1-13-4-6-15(7-5-13)19-23-22-18(27-19)12-24(3)20(25)14(2)26-17-10-8-16(21)9-11-17/h4-11,14H,12H2,1-3H3/t14-/m0/s1. The van der Waals surface area contributed by atoms with Crippen molar-refractivity contribution in [3.05, 3.63) is 64.5 Å². The van der Waals surface area contributed by atoms with Gasteiger partial charge in [0.05, 0.1) is 6.54 Å². The predicted octanol–water partition coefficient (Wildman–Crippen LogP) is 4.23. The van der Waals surface area contributed by atoms with Crippen LogP contribution >= 0.6 is 15.9 Å². The highest BCUT2D eigenvalue weighted by Gasteiger charge is 2.21. The summed E-state index contributed by atoms with van der Waals surface area (Å²) in [6.45, 7) is 3.94. The van der Waals surface area contributed by atoms with E-state index in [-0.39, 0.29) is 12.5 Å². The van der Waals surface area contributed by atoms with Crippen LogP contribution in [-0.4, -0.2) is 34.2 Å². The minimum Gasteiger partial charge on any atom is -0.481 e. The van der Waals surface area contributed by atoms with Gasteiger partial charge in [-0.3, -0.25) is 4.79 Å². The smallest absolute Gasteiger partial charge is 0.263 e. The van der Waals surface area contributed by atoms with Crippen molar-refractivity contribution in [2.24, 2.45) is 0 Å². The van der Waals surface area contributed by atoms with Crippen LogP contribution in [0.3, 0.4) is 0 Å². The fourth-order valence-corrected chi connectivity index (χ4v) is 2.75. The van der Waals surface area contributed by atoms with E-state index in [0.717, 1.165) is 15.6 Å². The van der Waals surface area contributed by atoms with E-state index >= 15 is 0 Å². The predicted molar refractivity (Wildman–Crippen MR) is 105 cm³/mol. The lowest BCUT2D eigenvalue weighted by atomic mass is 10.1. The molecule has 0 unspecified atom stereocenters. The second kappa shape index (κ2) is 8.35. The number of ether oxygens (including phenoxy) is 1. The Morgan fingerprint density at radius 1 is 1.15 bits per heavy atom. The van der Waals surface area contributed by atoms with Crippen LogP contribution in [-0.2, 0) is 11.3 Å². The van der Waals surface area contributed by atoms with Crippen molar-refractivity contribution in [2.75, 3.05) is 7.05 Å². The van der Waals surface area contributed by atoms with Crippen LogP contribution in [0.5, 0.6) is 5.75 Å². The lowest BCUT2D eigenvalue weighted by Crippen LogP contribution is -2.37. The number of hydrogen-bond acceptors (Lipinski definition) is 5. The molecule has 1 heterocycles. The molecule has 140 valence electrons. The molecule has 1 aromatic heterocycles. The number of halogens is 1. The van der Waals surface area contributed by atoms with Gasteiger partial charge >= 0.3 is 0 Å². The van der Waals surface area contributed by atoms with Gasteiger partial charge in [0.15, 0.2) is 6.10 Å². The number of amides is 1. The first kappa shape index (κ1) is 19.1. The summed E-state index contributed by atoms with van der Waals surface area (Å²) < 4.78 is 12.3. The maximum atomic E-state index is 12.5. The largest absolute Gasteiger partial charge is 0.481 e. The quantitative estimate of drug-likeness (QED) is 0.586. The fraction of sp³-hybridized carbons (Fsp3) is 0.250. The molecule has 0 saturated carbocycles. The highest BCUT2D eigenvalue weighted by atomic mass is 79.9. The van der Waals surface area contributed by atoms with Gasteiger partial charge in [0.1, 0.15) is 5.75 Å². The van der Waals surface area contributed by atoms with Crippen molar-refractivity contribution in [1.29, 1.82) is 0 Å². The number of carbonyl (C=O) groups excluding carboxylic acids is 1. The summed E-state index contributed by atoms with van der Waals surface area (Å²) in [5.74, 6) is 1.27. The maximum Gasteiger partial charge on any atom is 0.263 e. The normalized spacial score (nSPS) is 11.9. The lowest BCUT2D eigenvalue weighted by Gasteiger charge is -2.20. The van der Waals surface area contributed by atoms with Gasteiger partial charge in [0.25, 0.3) is 5.91 Å². The van der Waals surface area contributed by atoms with Gasteiger partial charge < -0.3 is 14.1 Å². The Labute approximate surface area is 166 Å². The number of rotatable bonds is 6. The molecule has 27 heavy (non-hydrogen) atoms. The Morgan fingerprint density at radius 3 is 2.48 bits per heavy atom. The molecule has 0 aliphatic rings. The van der Waals surface area contributed by atoms with E-state index in [9.17, 15) is 4.79 Å². The summed E-state index contributed by atoms with van der Waals surface area (Å²) in [5, 5.41) is 8.09. The third-order valence-corrected chi connectivity index (χ3v) is 4.52. The topological polar surface area (TPSA) is 68.5 Å². The fourth-order valence-electron chi connectivity index (χ4n) is 2.49. The number of benzene rings is 2. The molecule has 0 aliphatic carbocycles. The van der Waals surface area contributed by atoms with E-state index in [2.05, 4.69) is 26.1 Å². The Kier molecular flexibility index (Phi) is 5.91. The average Bonchev–Trinajstić information content (AvgIpc) is 3.12. The molecule has 7 heteroatoms. The van der Waals surface area contributed by atoms with Gasteiger partial charge in [-0.1, -0.05) is 33.6 Å². The van der Waals surface area contributed by atoms with Gasteiger partial charge in [-0.25, -0.2) is 0 Å². The number of aryl methyl sites for hydroxylation is 1. The minimum atomic E-state index is -0.629. The van der Waals surface area contributed by atoms with Crippen LogP contribution in [0.1, 0.15) is 18.4 Å². The number of hydrogen-bond donors (Lipinski definition) is 0. The van der Waals surface area contributed by atoms with Gasteiger partial charge in [-0.15, -0.1) is 10.2 Å². The van der Waals surface area contributed by atoms with Crippen LogP contribution < -0.4 is 4.74 Å². The van der Waals surface area contributed by atoms with Crippen molar-refractivity contribution >= 4 is 21.8 Å². The van der Waals surface area contributed by atoms with E-state index in [1.807, 2.05) is 43.3 Å². The molecule has 3 rings (SSSR count). The van der Waals surface area contributed by atoms with Crippen molar-refractivity contribution in [2.45, 2.75) is 26.5 Å². The van der Waals surface area contributed by atoms with E-state index in [0.29, 0.717) is 17.5 Å². The van der Waals surface area contributed by atoms with Gasteiger partial charge in [0.2, 0.25) is 11.8 Å². The molecule has 0 radical (unpaired) electrons. The van der Waals surface area contributed by atoms with E-state index < -0.39 is 6.10 Å². The highest BCUT2D eigenvalue weighted by molar-refractivity contribution is 9.10. The average molecular weight is 430 g/mol. The summed E-state index contributed by atoms with van der Waals surface area (Å²) >= 11 is 3.37. The zero-order valence-corrected chi connectivity index (χ0v) is 16.9. The molecule has 0 fully saturated rings. The number of carbonyl (C=O) groups is 1. The zero-order chi connectivity index (χ0) is 19.4. The van der Waals surface area contributed by atoms with Crippen molar-refractivity contribution < 1.29 is 13.9 Å². The monoisotopic (exact) mass is 429 g/mol. The zero-order valence-electron chi connectivity index (χ0n) is 15.3. The van der Waals surface area contributed by atoms with Gasteiger partial charge in [-0.2, -0.15) is 0 Å². The summed E-state index contributed by atoms with van der Waals surface area (Å²) in [6.07, 6.45) is -0.629. The molecule has 0 bridgehead atoms. The van der Waals surface area contributed by atoms with Crippen molar-refractivity contribution in [3.63, 3.8) is 0 Å². The second-order valence-electron chi connectivity index (χ2n) is 6.28. The molecule has 0 spiro atoms. The third-order valence-electron chi connectivity index (χ3n) is 3.99. The lowest BCUT2D eigenvalue weighted by molar-refractivity contribution is -0.137. The molecule has 0 saturated heterocycles. The van der Waals surface area contributed by atoms with Crippen LogP contribution in [0.2, 0.25) is 0 Å². The minimum absolute atomic E-state index is 0.173. The first-order valence-corrected chi connectivity index (χ1v) is 9.28. The summed E-state index contributed by atoms with van der Waals surface area (Å²) in [7, 11) is 1.68. The molecule has 1 atom stereocenters. The molecule has 2 aromatic carbocycles. The molecular weight excluding hydrogens is 410 g/mol.